The van der Waals surface area contributed by atoms with Crippen LogP contribution in [0.3, 0.4) is 0 Å². The maximum absolute atomic E-state index is 11.9. The lowest BCUT2D eigenvalue weighted by Gasteiger charge is -2.33. The first-order chi connectivity index (χ1) is 15.0. The molecule has 0 aliphatic carbocycles. The van der Waals surface area contributed by atoms with E-state index in [0.717, 1.165) is 37.8 Å². The molecule has 31 heavy (non-hydrogen) atoms. The fourth-order valence-electron chi connectivity index (χ4n) is 3.75. The lowest BCUT2D eigenvalue weighted by molar-refractivity contribution is -0.122. The van der Waals surface area contributed by atoms with Crippen LogP contribution in [0.15, 0.2) is 36.9 Å². The normalized spacial score (nSPS) is 19.2. The van der Waals surface area contributed by atoms with E-state index in [4.69, 9.17) is 26.8 Å². The third-order valence-corrected chi connectivity index (χ3v) is 5.97. The Kier molecular flexibility index (Phi) is 6.69. The summed E-state index contributed by atoms with van der Waals surface area (Å²) >= 11 is 5.62. The highest BCUT2D eigenvalue weighted by Gasteiger charge is 2.28. The molecule has 2 aromatic rings. The highest BCUT2D eigenvalue weighted by atomic mass is 32.1. The van der Waals surface area contributed by atoms with Gasteiger partial charge in [-0.05, 0) is 24.4 Å². The number of rotatable bonds is 7. The minimum Gasteiger partial charge on any atom is -0.485 e. The molecule has 1 unspecified atom stereocenters. The fourth-order valence-corrected chi connectivity index (χ4v) is 3.94. The zero-order valence-electron chi connectivity index (χ0n) is 17.7. The molecule has 1 fully saturated rings. The van der Waals surface area contributed by atoms with Gasteiger partial charge in [0.25, 0.3) is 0 Å². The number of para-hydroxylation sites is 2. The molecular weight excluding hydrogens is 416 g/mol. The van der Waals surface area contributed by atoms with E-state index in [1.807, 2.05) is 40.6 Å². The third-order valence-electron chi connectivity index (χ3n) is 5.48. The highest BCUT2D eigenvalue weighted by Crippen LogP contribution is 2.35. The number of benzene rings is 1. The average molecular weight is 445 g/mol. The molecule has 0 bridgehead atoms. The molecule has 1 atom stereocenters. The predicted octanol–water partition coefficient (Wildman–Crippen LogP) is 1.34. The van der Waals surface area contributed by atoms with Gasteiger partial charge in [-0.3, -0.25) is 14.6 Å². The summed E-state index contributed by atoms with van der Waals surface area (Å²) in [7, 11) is 1.91. The van der Waals surface area contributed by atoms with Crippen molar-refractivity contribution in [2.24, 2.45) is 7.05 Å². The zero-order chi connectivity index (χ0) is 21.8. The molecule has 1 aromatic carbocycles. The summed E-state index contributed by atoms with van der Waals surface area (Å²) in [6.07, 6.45) is 1.37. The number of ether oxygens (including phenoxy) is 2. The number of carbonyl (C=O) groups is 1. The molecule has 1 N–H and O–H groups in total. The van der Waals surface area contributed by atoms with Crippen LogP contribution in [0.2, 0.25) is 0 Å². The van der Waals surface area contributed by atoms with Crippen molar-refractivity contribution in [3.05, 3.63) is 47.5 Å². The monoisotopic (exact) mass is 444 g/mol. The van der Waals surface area contributed by atoms with E-state index in [2.05, 4.69) is 21.7 Å². The van der Waals surface area contributed by atoms with Gasteiger partial charge in [0.05, 0.1) is 13.2 Å². The maximum atomic E-state index is 11.9. The topological polar surface area (TPSA) is 76.8 Å². The minimum absolute atomic E-state index is 0.0289. The molecule has 1 amide bonds. The molecule has 1 saturated heterocycles. The SMILES string of the molecule is C=CCNC(=O)CN1CCN(Cn2nc(C3COc4ccccc4O3)n(C)c2=S)CC1. The van der Waals surface area contributed by atoms with E-state index in [9.17, 15) is 4.79 Å². The Labute approximate surface area is 186 Å². The van der Waals surface area contributed by atoms with Crippen molar-refractivity contribution in [2.75, 3.05) is 45.9 Å². The lowest BCUT2D eigenvalue weighted by Crippen LogP contribution is -2.49. The molecule has 0 radical (unpaired) electrons. The Morgan fingerprint density at radius 2 is 1.97 bits per heavy atom. The predicted molar refractivity (Wildman–Crippen MR) is 119 cm³/mol. The van der Waals surface area contributed by atoms with Crippen LogP contribution >= 0.6 is 12.2 Å². The summed E-state index contributed by atoms with van der Waals surface area (Å²) in [4.78, 5) is 16.3. The number of amides is 1. The second-order valence-electron chi connectivity index (χ2n) is 7.69. The molecule has 2 aliphatic rings. The van der Waals surface area contributed by atoms with Gasteiger partial charge in [0, 0.05) is 39.8 Å². The third kappa shape index (κ3) is 4.97. The number of hydrogen-bond donors (Lipinski definition) is 1. The Morgan fingerprint density at radius 1 is 1.26 bits per heavy atom. The molecular formula is C21H28N6O3S. The summed E-state index contributed by atoms with van der Waals surface area (Å²) < 4.78 is 16.3. The van der Waals surface area contributed by atoms with E-state index in [1.54, 1.807) is 6.08 Å². The van der Waals surface area contributed by atoms with Crippen LogP contribution in [-0.4, -0.2) is 75.9 Å². The summed E-state index contributed by atoms with van der Waals surface area (Å²) in [5, 5.41) is 7.56. The van der Waals surface area contributed by atoms with Crippen molar-refractivity contribution in [1.82, 2.24) is 29.5 Å². The van der Waals surface area contributed by atoms with Gasteiger partial charge in [0.2, 0.25) is 5.91 Å². The van der Waals surface area contributed by atoms with E-state index in [-0.39, 0.29) is 12.0 Å². The zero-order valence-corrected chi connectivity index (χ0v) is 18.5. The summed E-state index contributed by atoms with van der Waals surface area (Å²) in [5.74, 6) is 2.24. The van der Waals surface area contributed by atoms with Crippen LogP contribution in [0.1, 0.15) is 11.9 Å². The van der Waals surface area contributed by atoms with Gasteiger partial charge in [-0.15, -0.1) is 6.58 Å². The molecule has 1 aromatic heterocycles. The number of hydrogen-bond acceptors (Lipinski definition) is 7. The van der Waals surface area contributed by atoms with Gasteiger partial charge in [-0.1, -0.05) is 18.2 Å². The highest BCUT2D eigenvalue weighted by molar-refractivity contribution is 7.71. The number of piperazine rings is 1. The van der Waals surface area contributed by atoms with Crippen LogP contribution < -0.4 is 14.8 Å². The minimum atomic E-state index is -0.311. The van der Waals surface area contributed by atoms with Crippen molar-refractivity contribution in [3.8, 4) is 11.5 Å². The molecule has 3 heterocycles. The van der Waals surface area contributed by atoms with E-state index >= 15 is 0 Å². The van der Waals surface area contributed by atoms with Crippen LogP contribution in [0.5, 0.6) is 11.5 Å². The van der Waals surface area contributed by atoms with Crippen molar-refractivity contribution in [3.63, 3.8) is 0 Å². The largest absolute Gasteiger partial charge is 0.485 e. The van der Waals surface area contributed by atoms with E-state index < -0.39 is 0 Å². The molecule has 0 saturated carbocycles. The molecule has 10 heteroatoms. The number of nitrogens with zero attached hydrogens (tertiary/aromatic N) is 5. The van der Waals surface area contributed by atoms with Gasteiger partial charge >= 0.3 is 0 Å². The van der Waals surface area contributed by atoms with Crippen molar-refractivity contribution in [1.29, 1.82) is 0 Å². The van der Waals surface area contributed by atoms with Crippen LogP contribution in [0.25, 0.3) is 0 Å². The number of aromatic nitrogens is 3. The molecule has 4 rings (SSSR count). The second-order valence-corrected chi connectivity index (χ2v) is 8.06. The van der Waals surface area contributed by atoms with E-state index in [1.165, 1.54) is 0 Å². The van der Waals surface area contributed by atoms with Crippen molar-refractivity contribution >= 4 is 18.1 Å². The smallest absolute Gasteiger partial charge is 0.234 e. The first kappa shape index (κ1) is 21.5. The van der Waals surface area contributed by atoms with Crippen molar-refractivity contribution in [2.45, 2.75) is 12.8 Å². The Balaban J connectivity index is 1.35. The number of nitrogens with one attached hydrogen (secondary N) is 1. The molecule has 166 valence electrons. The maximum Gasteiger partial charge on any atom is 0.234 e. The quantitative estimate of drug-likeness (QED) is 0.510. The standard InChI is InChI=1S/C21H28N6O3S/c1-3-8-22-19(28)13-25-9-11-26(12-10-25)15-27-21(31)24(2)20(23-27)18-14-29-16-6-4-5-7-17(16)30-18/h3-7,18H,1,8-15H2,2H3,(H,22,28). The van der Waals surface area contributed by atoms with Crippen LogP contribution in [0, 0.1) is 4.77 Å². The average Bonchev–Trinajstić information content (AvgIpc) is 3.07. The van der Waals surface area contributed by atoms with Crippen LogP contribution in [-0.2, 0) is 18.5 Å². The molecule has 2 aliphatic heterocycles. The van der Waals surface area contributed by atoms with E-state index in [0.29, 0.717) is 36.9 Å². The summed E-state index contributed by atoms with van der Waals surface area (Å²) in [6.45, 7) is 8.87. The summed E-state index contributed by atoms with van der Waals surface area (Å²) in [5.41, 5.74) is 0. The molecule has 9 nitrogen and oxygen atoms in total. The fraction of sp³-hybridized carbons (Fsp3) is 0.476. The van der Waals surface area contributed by atoms with Gasteiger partial charge in [-0.2, -0.15) is 5.10 Å². The van der Waals surface area contributed by atoms with Gasteiger partial charge < -0.3 is 19.4 Å². The Hall–Kier alpha value is -2.69. The first-order valence-electron chi connectivity index (χ1n) is 10.4. The lowest BCUT2D eigenvalue weighted by atomic mass is 10.2. The Morgan fingerprint density at radius 3 is 2.71 bits per heavy atom. The van der Waals surface area contributed by atoms with Gasteiger partial charge in [0.15, 0.2) is 28.2 Å². The second kappa shape index (κ2) is 9.63. The number of carbonyl (C=O) groups excluding carboxylic acids is 1. The number of fused-ring (bicyclic) bond motifs is 1. The van der Waals surface area contributed by atoms with Gasteiger partial charge in [-0.25, -0.2) is 4.68 Å². The van der Waals surface area contributed by atoms with Gasteiger partial charge in [0.1, 0.15) is 6.61 Å². The summed E-state index contributed by atoms with van der Waals surface area (Å²) in [6, 6.07) is 7.63. The molecule has 0 spiro atoms. The Bertz CT molecular complexity index is 995. The van der Waals surface area contributed by atoms with Crippen LogP contribution in [0.4, 0.5) is 0 Å². The first-order valence-corrected chi connectivity index (χ1v) is 10.8. The van der Waals surface area contributed by atoms with Crippen molar-refractivity contribution < 1.29 is 14.3 Å².